The van der Waals surface area contributed by atoms with Gasteiger partial charge in [0.25, 0.3) is 5.75 Å². The van der Waals surface area contributed by atoms with Gasteiger partial charge in [-0.3, -0.25) is 0 Å². The highest BCUT2D eigenvalue weighted by molar-refractivity contribution is 5.86. The molecule has 3 aromatic rings. The lowest BCUT2D eigenvalue weighted by Gasteiger charge is -2.39. The lowest BCUT2D eigenvalue weighted by Crippen LogP contribution is -2.60. The van der Waals surface area contributed by atoms with Crippen LogP contribution in [0.25, 0.3) is 11.0 Å². The zero-order chi connectivity index (χ0) is 25.7. The second-order valence-electron chi connectivity index (χ2n) is 8.50. The third-order valence-corrected chi connectivity index (χ3v) is 5.87. The second-order valence-corrected chi connectivity index (χ2v) is 8.50. The van der Waals surface area contributed by atoms with Gasteiger partial charge in [0, 0.05) is 6.07 Å². The third-order valence-electron chi connectivity index (χ3n) is 5.87. The Morgan fingerprint density at radius 3 is 2.44 bits per heavy atom. The van der Waals surface area contributed by atoms with Crippen LogP contribution in [0.2, 0.25) is 0 Å². The number of unbranched alkanes of at least 4 members (excludes halogenated alkanes) is 1. The average Bonchev–Trinajstić information content (AvgIpc) is 2.89. The van der Waals surface area contributed by atoms with E-state index in [2.05, 4.69) is 6.92 Å². The lowest BCUT2D eigenvalue weighted by atomic mass is 9.99. The molecule has 0 aliphatic carbocycles. The number of rotatable bonds is 10. The minimum absolute atomic E-state index is 0.0437. The molecule has 5 atom stereocenters. The monoisotopic (exact) mass is 502 g/mol. The van der Waals surface area contributed by atoms with Crippen molar-refractivity contribution in [2.24, 2.45) is 0 Å². The van der Waals surface area contributed by atoms with Crippen LogP contribution in [0.5, 0.6) is 17.2 Å². The molecule has 4 N–H and O–H groups in total. The largest absolute Gasteiger partial charge is 0.493 e. The van der Waals surface area contributed by atoms with Crippen LogP contribution < -0.4 is 19.8 Å². The number of fused-ring (bicyclic) bond motifs is 1. The Labute approximate surface area is 207 Å². The predicted molar refractivity (Wildman–Crippen MR) is 128 cm³/mol. The van der Waals surface area contributed by atoms with Crippen molar-refractivity contribution in [3.63, 3.8) is 0 Å². The fourth-order valence-electron chi connectivity index (χ4n) is 3.82. The fourth-order valence-corrected chi connectivity index (χ4v) is 3.82. The number of hydrogen-bond acceptors (Lipinski definition) is 10. The van der Waals surface area contributed by atoms with Crippen LogP contribution >= 0.6 is 0 Å². The SMILES string of the molecule is CCCCOc1ccc2c(OCc3ccccc3)c(O[C@@H]3O[C@H](CO)[C@@H](O)[C@H](O)[C@@H]3O)c(=O)oc2c1. The molecule has 1 aromatic heterocycles. The van der Waals surface area contributed by atoms with Crippen LogP contribution in [0.15, 0.2) is 57.7 Å². The van der Waals surface area contributed by atoms with Crippen molar-refractivity contribution < 1.29 is 43.8 Å². The maximum Gasteiger partial charge on any atom is 0.383 e. The van der Waals surface area contributed by atoms with Crippen LogP contribution in [-0.4, -0.2) is 64.3 Å². The zero-order valence-electron chi connectivity index (χ0n) is 19.8. The first-order chi connectivity index (χ1) is 17.4. The molecule has 4 rings (SSSR count). The third kappa shape index (κ3) is 5.63. The van der Waals surface area contributed by atoms with Crippen molar-refractivity contribution in [2.75, 3.05) is 13.2 Å². The Morgan fingerprint density at radius 1 is 0.944 bits per heavy atom. The summed E-state index contributed by atoms with van der Waals surface area (Å²) in [5.74, 6) is 0.181. The first-order valence-corrected chi connectivity index (χ1v) is 11.8. The van der Waals surface area contributed by atoms with Gasteiger partial charge in [0.05, 0.1) is 18.6 Å². The molecular weight excluding hydrogens is 472 g/mol. The van der Waals surface area contributed by atoms with E-state index in [9.17, 15) is 25.2 Å². The zero-order valence-corrected chi connectivity index (χ0v) is 19.8. The standard InChI is InChI=1S/C26H30O10/c1-2-3-11-32-16-9-10-17-18(12-16)34-25(31)24(23(17)33-14-15-7-5-4-6-8-15)36-26-22(30)21(29)20(28)19(13-27)35-26/h4-10,12,19-22,26-30H,2-3,11,13-14H2,1H3/t19-,20-,21+,22+,26+/m1/s1. The Bertz CT molecular complexity index is 1190. The fraction of sp³-hybridized carbons (Fsp3) is 0.423. The van der Waals surface area contributed by atoms with E-state index in [-0.39, 0.29) is 23.7 Å². The molecule has 10 heteroatoms. The summed E-state index contributed by atoms with van der Waals surface area (Å²) >= 11 is 0. The molecule has 0 radical (unpaired) electrons. The number of ether oxygens (including phenoxy) is 4. The minimum atomic E-state index is -1.71. The molecule has 1 aliphatic rings. The summed E-state index contributed by atoms with van der Waals surface area (Å²) in [6, 6.07) is 14.2. The van der Waals surface area contributed by atoms with E-state index in [1.54, 1.807) is 18.2 Å². The van der Waals surface area contributed by atoms with Gasteiger partial charge in [-0.2, -0.15) is 0 Å². The summed E-state index contributed by atoms with van der Waals surface area (Å²) in [5.41, 5.74) is 0.128. The van der Waals surface area contributed by atoms with Crippen molar-refractivity contribution in [1.29, 1.82) is 0 Å². The smallest absolute Gasteiger partial charge is 0.383 e. The summed E-state index contributed by atoms with van der Waals surface area (Å²) in [5, 5.41) is 40.4. The predicted octanol–water partition coefficient (Wildman–Crippen LogP) is 1.73. The van der Waals surface area contributed by atoms with Crippen LogP contribution in [0.3, 0.4) is 0 Å². The molecule has 0 saturated carbocycles. The molecule has 36 heavy (non-hydrogen) atoms. The van der Waals surface area contributed by atoms with Crippen LogP contribution in [-0.2, 0) is 11.3 Å². The maximum atomic E-state index is 13.0. The molecule has 2 heterocycles. The maximum absolute atomic E-state index is 13.0. The highest BCUT2D eigenvalue weighted by atomic mass is 16.7. The van der Waals surface area contributed by atoms with Gasteiger partial charge in [0.1, 0.15) is 42.4 Å². The molecule has 1 aliphatic heterocycles. The van der Waals surface area contributed by atoms with E-state index in [0.29, 0.717) is 17.7 Å². The van der Waals surface area contributed by atoms with Gasteiger partial charge in [0.15, 0.2) is 5.75 Å². The minimum Gasteiger partial charge on any atom is -0.493 e. The van der Waals surface area contributed by atoms with E-state index >= 15 is 0 Å². The normalized spacial score (nSPS) is 24.0. The van der Waals surface area contributed by atoms with Crippen LogP contribution in [0, 0.1) is 0 Å². The topological polar surface area (TPSA) is 148 Å². The number of hydrogen-bond donors (Lipinski definition) is 4. The van der Waals surface area contributed by atoms with Crippen LogP contribution in [0.4, 0.5) is 0 Å². The first-order valence-electron chi connectivity index (χ1n) is 11.8. The number of aliphatic hydroxyl groups excluding tert-OH is 4. The Balaban J connectivity index is 1.71. The first kappa shape index (κ1) is 25.9. The summed E-state index contributed by atoms with van der Waals surface area (Å²) < 4.78 is 28.3. The molecule has 194 valence electrons. The lowest BCUT2D eigenvalue weighted by molar-refractivity contribution is -0.278. The second kappa shape index (κ2) is 11.7. The molecule has 1 saturated heterocycles. The van der Waals surface area contributed by atoms with Gasteiger partial charge in [-0.25, -0.2) is 4.79 Å². The van der Waals surface area contributed by atoms with E-state index in [1.807, 2.05) is 30.3 Å². The molecular formula is C26H30O10. The van der Waals surface area contributed by atoms with E-state index in [4.69, 9.17) is 23.4 Å². The highest BCUT2D eigenvalue weighted by Gasteiger charge is 2.45. The average molecular weight is 503 g/mol. The Kier molecular flexibility index (Phi) is 8.44. The van der Waals surface area contributed by atoms with Gasteiger partial charge in [0.2, 0.25) is 6.29 Å². The molecule has 0 bridgehead atoms. The van der Waals surface area contributed by atoms with Gasteiger partial charge in [-0.05, 0) is 24.1 Å². The molecule has 2 aromatic carbocycles. The molecule has 0 unspecified atom stereocenters. The van der Waals surface area contributed by atoms with E-state index in [0.717, 1.165) is 18.4 Å². The van der Waals surface area contributed by atoms with Crippen molar-refractivity contribution in [3.05, 3.63) is 64.5 Å². The highest BCUT2D eigenvalue weighted by Crippen LogP contribution is 2.37. The summed E-state index contributed by atoms with van der Waals surface area (Å²) in [4.78, 5) is 13.0. The van der Waals surface area contributed by atoms with E-state index < -0.39 is 42.9 Å². The van der Waals surface area contributed by atoms with Gasteiger partial charge >= 0.3 is 5.63 Å². The molecule has 0 amide bonds. The van der Waals surface area contributed by atoms with E-state index in [1.165, 1.54) is 0 Å². The van der Waals surface area contributed by atoms with Crippen molar-refractivity contribution >= 4 is 11.0 Å². The van der Waals surface area contributed by atoms with Gasteiger partial charge in [-0.15, -0.1) is 0 Å². The van der Waals surface area contributed by atoms with Crippen molar-refractivity contribution in [3.8, 4) is 17.2 Å². The molecule has 1 fully saturated rings. The summed E-state index contributed by atoms with van der Waals surface area (Å²) in [7, 11) is 0. The van der Waals surface area contributed by atoms with Gasteiger partial charge in [-0.1, -0.05) is 43.7 Å². The molecule has 0 spiro atoms. The van der Waals surface area contributed by atoms with Crippen molar-refractivity contribution in [2.45, 2.75) is 57.1 Å². The van der Waals surface area contributed by atoms with Gasteiger partial charge < -0.3 is 43.8 Å². The Hall–Kier alpha value is -3.15. The van der Waals surface area contributed by atoms with Crippen molar-refractivity contribution in [1.82, 2.24) is 0 Å². The quantitative estimate of drug-likeness (QED) is 0.239. The Morgan fingerprint density at radius 2 is 1.72 bits per heavy atom. The number of benzene rings is 2. The summed E-state index contributed by atoms with van der Waals surface area (Å²) in [6.45, 7) is 2.02. The molecule has 10 nitrogen and oxygen atoms in total. The summed E-state index contributed by atoms with van der Waals surface area (Å²) in [6.07, 6.45) is -5.91. The number of aliphatic hydroxyl groups is 4. The van der Waals surface area contributed by atoms with Crippen LogP contribution in [0.1, 0.15) is 25.3 Å².